The zero-order valence-electron chi connectivity index (χ0n) is 37.5. The molecule has 0 saturated carbocycles. The largest absolute Gasteiger partial charge is 0.310 e. The van der Waals surface area contributed by atoms with Gasteiger partial charge in [0.15, 0.2) is 0 Å². The van der Waals surface area contributed by atoms with E-state index in [1.165, 1.54) is 0 Å². The second kappa shape index (κ2) is 16.8. The molecule has 2 heterocycles. The molecule has 0 aliphatic heterocycles. The van der Waals surface area contributed by atoms with Crippen molar-refractivity contribution < 1.29 is 0 Å². The number of aromatic nitrogens is 2. The third-order valence-corrected chi connectivity index (χ3v) is 13.7. The van der Waals surface area contributed by atoms with E-state index in [4.69, 9.17) is 54.9 Å². The summed E-state index contributed by atoms with van der Waals surface area (Å²) in [6.07, 6.45) is 0. The van der Waals surface area contributed by atoms with Gasteiger partial charge in [0.05, 0.1) is 16.7 Å². The molecule has 0 unspecified atom stereocenters. The molecule has 0 aliphatic carbocycles. The van der Waals surface area contributed by atoms with Crippen LogP contribution in [0.15, 0.2) is 200 Å². The average Bonchev–Trinajstić information content (AvgIpc) is 3.94. The van der Waals surface area contributed by atoms with Crippen molar-refractivity contribution in [2.75, 3.05) is 0 Å². The van der Waals surface area contributed by atoms with Crippen molar-refractivity contribution in [3.05, 3.63) is 200 Å². The quantitative estimate of drug-likeness (QED) is 0.145. The highest BCUT2D eigenvalue weighted by Crippen LogP contribution is 2.42. The minimum absolute atomic E-state index is 0.164. The van der Waals surface area contributed by atoms with Crippen molar-refractivity contribution in [2.45, 2.75) is 0 Å². The Morgan fingerprint density at radius 3 is 1.38 bits per heavy atom. The fourth-order valence-corrected chi connectivity index (χ4v) is 10.5. The molecule has 0 N–H and O–H groups in total. The van der Waals surface area contributed by atoms with Crippen LogP contribution in [0.25, 0.3) is 111 Å². The third kappa shape index (κ3) is 6.73. The first-order chi connectivity index (χ1) is 33.7. The van der Waals surface area contributed by atoms with E-state index in [1.807, 2.05) is 53.1 Å². The maximum atomic E-state index is 7.56. The minimum atomic E-state index is 0.164. The molecule has 14 radical (unpaired) electrons. The second-order valence-corrected chi connectivity index (χ2v) is 17.6. The van der Waals surface area contributed by atoms with Crippen LogP contribution in [0, 0.1) is 0 Å². The van der Waals surface area contributed by atoms with Crippen LogP contribution in [0.1, 0.15) is 0 Å². The van der Waals surface area contributed by atoms with Crippen molar-refractivity contribution in [3.8, 4) is 67.0 Å². The third-order valence-electron chi connectivity index (χ3n) is 13.7. The van der Waals surface area contributed by atoms with E-state index in [9.17, 15) is 0 Å². The van der Waals surface area contributed by atoms with Crippen LogP contribution in [0.2, 0.25) is 0 Å². The summed E-state index contributed by atoms with van der Waals surface area (Å²) in [7, 11) is 49.8. The maximum absolute atomic E-state index is 7.56. The molecule has 0 spiro atoms. The van der Waals surface area contributed by atoms with Crippen LogP contribution in [0.4, 0.5) is 0 Å². The molecule has 10 aromatic carbocycles. The van der Waals surface area contributed by atoms with E-state index in [0.717, 1.165) is 83.3 Å². The summed E-state index contributed by atoms with van der Waals surface area (Å²) in [5, 5.41) is 3.20. The van der Waals surface area contributed by atoms with E-state index in [0.29, 0.717) is 43.8 Å². The molecule has 0 bridgehead atoms. The van der Waals surface area contributed by atoms with E-state index in [-0.39, 0.29) is 21.9 Å². The number of fused-ring (bicyclic) bond motifs is 6. The van der Waals surface area contributed by atoms with Gasteiger partial charge in [-0.1, -0.05) is 185 Å². The number of benzene rings is 10. The number of hydrogen-bond donors (Lipinski definition) is 0. The molecule has 2 aromatic heterocycles. The molecule has 12 rings (SSSR count). The Morgan fingerprint density at radius 1 is 0.275 bits per heavy atom. The van der Waals surface area contributed by atoms with Gasteiger partial charge in [0.25, 0.3) is 0 Å². The van der Waals surface area contributed by atoms with Crippen LogP contribution in [0.5, 0.6) is 0 Å². The first-order valence-electron chi connectivity index (χ1n) is 22.8. The van der Waals surface area contributed by atoms with Gasteiger partial charge in [-0.05, 0) is 97.9 Å². The summed E-state index contributed by atoms with van der Waals surface area (Å²) < 4.78 is 4.34. The number of hydrogen-bond acceptors (Lipinski definition) is 0. The monoisotopic (exact) mass is 858 g/mol. The fourth-order valence-electron chi connectivity index (χ4n) is 10.5. The SMILES string of the molecule is [B]c1c([B])c([B])c2c(c1[B])c1c([B])c(-c3ccc4c(c3)c3c(-c5ccccc5)cccc3n4-c3ccccc3-c3ccccc3)c([B])c([B])c1n2-c1cc(-c2ccccc2)cc(-c2ccccc2)c1. The highest BCUT2D eigenvalue weighted by molar-refractivity contribution is 6.69. The van der Waals surface area contributed by atoms with E-state index < -0.39 is 0 Å². The summed E-state index contributed by atoms with van der Waals surface area (Å²) >= 11 is 0. The molecule has 69 heavy (non-hydrogen) atoms. The molecule has 12 aromatic rings. The summed E-state index contributed by atoms with van der Waals surface area (Å²) in [5.74, 6) is 0. The van der Waals surface area contributed by atoms with Gasteiger partial charge in [-0.15, -0.1) is 10.9 Å². The predicted molar refractivity (Wildman–Crippen MR) is 300 cm³/mol. The molecule has 0 fully saturated rings. The van der Waals surface area contributed by atoms with Gasteiger partial charge >= 0.3 is 0 Å². The molecule has 0 aliphatic rings. The summed E-state index contributed by atoms with van der Waals surface area (Å²) in [6.45, 7) is 0. The fraction of sp³-hybridized carbons (Fsp3) is 0. The molecule has 9 heteroatoms. The number of para-hydroxylation sites is 1. The molecular weight excluding hydrogens is 824 g/mol. The lowest BCUT2D eigenvalue weighted by Crippen LogP contribution is -2.48. The normalized spacial score (nSPS) is 11.6. The van der Waals surface area contributed by atoms with Crippen LogP contribution < -0.4 is 38.2 Å². The Bertz CT molecular complexity index is 3960. The smallest absolute Gasteiger partial charge is 0.115 e. The number of rotatable bonds is 7. The van der Waals surface area contributed by atoms with E-state index >= 15 is 0 Å². The summed E-state index contributed by atoms with van der Waals surface area (Å²) in [5.41, 5.74) is 16.5. The first kappa shape index (κ1) is 42.6. The van der Waals surface area contributed by atoms with Gasteiger partial charge in [-0.25, -0.2) is 0 Å². The summed E-state index contributed by atoms with van der Waals surface area (Å²) in [4.78, 5) is 0. The van der Waals surface area contributed by atoms with Crippen LogP contribution in [-0.4, -0.2) is 64.1 Å². The molecule has 304 valence electrons. The lowest BCUT2D eigenvalue weighted by Gasteiger charge is -2.20. The Hall–Kier alpha value is -7.75. The standard InChI is InChI=1S/C60H33B7N2/c61-52-48(38-28-29-46-44(33-38)49-43(37-22-11-4-12-23-37)25-15-27-47(49)69(46)45-26-14-13-24-42(45)36-20-9-3-10-21-36)53(62)57(66)59-50(52)51-54(63)55(64)56(65)58(67)60(51)68(59)41-31-39(34-16-5-1-6-17-34)30-40(32-41)35-18-7-2-8-19-35/h1-33H. The summed E-state index contributed by atoms with van der Waals surface area (Å²) in [6, 6.07) is 69.2. The Labute approximate surface area is 410 Å². The van der Waals surface area contributed by atoms with E-state index in [2.05, 4.69) is 156 Å². The first-order valence-corrected chi connectivity index (χ1v) is 22.8. The minimum Gasteiger partial charge on any atom is -0.310 e. The van der Waals surface area contributed by atoms with Crippen LogP contribution in [0.3, 0.4) is 0 Å². The van der Waals surface area contributed by atoms with Gasteiger partial charge in [0, 0.05) is 38.4 Å². The maximum Gasteiger partial charge on any atom is 0.115 e. The Balaban J connectivity index is 1.17. The molecule has 0 saturated heterocycles. The van der Waals surface area contributed by atoms with Gasteiger partial charge in [0.2, 0.25) is 0 Å². The van der Waals surface area contributed by atoms with Crippen molar-refractivity contribution in [1.29, 1.82) is 0 Å². The zero-order valence-corrected chi connectivity index (χ0v) is 37.5. The van der Waals surface area contributed by atoms with Crippen LogP contribution >= 0.6 is 0 Å². The van der Waals surface area contributed by atoms with Gasteiger partial charge in [-0.2, -0.15) is 0 Å². The lowest BCUT2D eigenvalue weighted by atomic mass is 9.64. The Morgan fingerprint density at radius 2 is 0.768 bits per heavy atom. The molecular formula is C60H33B7N2. The van der Waals surface area contributed by atoms with Crippen molar-refractivity contribution >= 4 is 137 Å². The molecule has 0 amide bonds. The van der Waals surface area contributed by atoms with Crippen molar-refractivity contribution in [1.82, 2.24) is 9.13 Å². The van der Waals surface area contributed by atoms with E-state index in [1.54, 1.807) is 0 Å². The second-order valence-electron chi connectivity index (χ2n) is 17.6. The average molecular weight is 858 g/mol. The van der Waals surface area contributed by atoms with Gasteiger partial charge in [-0.3, -0.25) is 0 Å². The predicted octanol–water partition coefficient (Wildman–Crippen LogP) is 7.77. The van der Waals surface area contributed by atoms with Crippen molar-refractivity contribution in [2.24, 2.45) is 0 Å². The highest BCUT2D eigenvalue weighted by atomic mass is 15.0. The zero-order chi connectivity index (χ0) is 47.1. The Kier molecular flexibility index (Phi) is 10.4. The molecule has 2 nitrogen and oxygen atoms in total. The topological polar surface area (TPSA) is 9.86 Å². The van der Waals surface area contributed by atoms with Gasteiger partial charge < -0.3 is 9.13 Å². The highest BCUT2D eigenvalue weighted by Gasteiger charge is 2.26. The lowest BCUT2D eigenvalue weighted by molar-refractivity contribution is 1.18. The number of nitrogens with zero attached hydrogens (tertiary/aromatic N) is 2. The van der Waals surface area contributed by atoms with Crippen LogP contribution in [-0.2, 0) is 0 Å². The molecule has 0 atom stereocenters. The van der Waals surface area contributed by atoms with Crippen molar-refractivity contribution in [3.63, 3.8) is 0 Å². The van der Waals surface area contributed by atoms with Gasteiger partial charge in [0.1, 0.15) is 54.9 Å².